The zero-order valence-corrected chi connectivity index (χ0v) is 10.0. The molecule has 1 aromatic rings. The second-order valence-electron chi connectivity index (χ2n) is 3.78. The molecule has 7 heteroatoms. The molecule has 0 atom stereocenters. The molecular formula is C10H17N5O2. The SMILES string of the molecule is CCC(CC)CNc1nc(N)ncc1[N+](=O)[O-]. The van der Waals surface area contributed by atoms with Crippen LogP contribution in [-0.4, -0.2) is 21.4 Å². The van der Waals surface area contributed by atoms with Crippen molar-refractivity contribution in [2.24, 2.45) is 5.92 Å². The highest BCUT2D eigenvalue weighted by Gasteiger charge is 2.17. The van der Waals surface area contributed by atoms with Gasteiger partial charge in [-0.3, -0.25) is 10.1 Å². The first-order valence-corrected chi connectivity index (χ1v) is 5.59. The molecule has 1 heterocycles. The molecule has 0 fully saturated rings. The maximum absolute atomic E-state index is 10.8. The maximum Gasteiger partial charge on any atom is 0.329 e. The number of hydrogen-bond donors (Lipinski definition) is 2. The number of anilines is 2. The van der Waals surface area contributed by atoms with Crippen molar-refractivity contribution in [1.82, 2.24) is 9.97 Å². The van der Waals surface area contributed by atoms with Crippen molar-refractivity contribution in [2.45, 2.75) is 26.7 Å². The number of nitro groups is 1. The number of nitrogen functional groups attached to an aromatic ring is 1. The first-order valence-electron chi connectivity index (χ1n) is 5.59. The van der Waals surface area contributed by atoms with E-state index >= 15 is 0 Å². The smallest absolute Gasteiger partial charge is 0.329 e. The van der Waals surface area contributed by atoms with E-state index in [4.69, 9.17) is 5.73 Å². The van der Waals surface area contributed by atoms with Crippen LogP contribution in [0.2, 0.25) is 0 Å². The van der Waals surface area contributed by atoms with E-state index < -0.39 is 4.92 Å². The molecule has 17 heavy (non-hydrogen) atoms. The highest BCUT2D eigenvalue weighted by Crippen LogP contribution is 2.21. The lowest BCUT2D eigenvalue weighted by molar-refractivity contribution is -0.384. The number of nitrogens with two attached hydrogens (primary N) is 1. The molecule has 94 valence electrons. The van der Waals surface area contributed by atoms with E-state index in [1.54, 1.807) is 0 Å². The van der Waals surface area contributed by atoms with Crippen LogP contribution in [-0.2, 0) is 0 Å². The second kappa shape index (κ2) is 5.97. The summed E-state index contributed by atoms with van der Waals surface area (Å²) >= 11 is 0. The van der Waals surface area contributed by atoms with Crippen molar-refractivity contribution in [3.05, 3.63) is 16.3 Å². The largest absolute Gasteiger partial charge is 0.368 e. The van der Waals surface area contributed by atoms with E-state index in [2.05, 4.69) is 29.1 Å². The van der Waals surface area contributed by atoms with Gasteiger partial charge in [0.2, 0.25) is 11.8 Å². The molecule has 0 amide bonds. The summed E-state index contributed by atoms with van der Waals surface area (Å²) in [6.45, 7) is 4.81. The number of nitrogens with one attached hydrogen (secondary N) is 1. The Morgan fingerprint density at radius 2 is 2.18 bits per heavy atom. The third-order valence-corrected chi connectivity index (χ3v) is 2.70. The van der Waals surface area contributed by atoms with Gasteiger partial charge in [0.05, 0.1) is 4.92 Å². The molecule has 0 bridgehead atoms. The standard InChI is InChI=1S/C10H17N5O2/c1-3-7(4-2)5-12-9-8(15(16)17)6-13-10(11)14-9/h6-7H,3-5H2,1-2H3,(H3,11,12,13,14). The van der Waals surface area contributed by atoms with Crippen LogP contribution in [0.1, 0.15) is 26.7 Å². The van der Waals surface area contributed by atoms with E-state index in [-0.39, 0.29) is 17.5 Å². The summed E-state index contributed by atoms with van der Waals surface area (Å²) in [6, 6.07) is 0. The average Bonchev–Trinajstić information content (AvgIpc) is 2.30. The van der Waals surface area contributed by atoms with Crippen molar-refractivity contribution in [1.29, 1.82) is 0 Å². The van der Waals surface area contributed by atoms with Gasteiger partial charge in [0.15, 0.2) is 0 Å². The van der Waals surface area contributed by atoms with Gasteiger partial charge in [-0.2, -0.15) is 4.98 Å². The van der Waals surface area contributed by atoms with Gasteiger partial charge in [0, 0.05) is 6.54 Å². The molecule has 0 saturated heterocycles. The molecule has 3 N–H and O–H groups in total. The van der Waals surface area contributed by atoms with Crippen molar-refractivity contribution >= 4 is 17.5 Å². The quantitative estimate of drug-likeness (QED) is 0.579. The molecule has 1 rings (SSSR count). The van der Waals surface area contributed by atoms with Crippen LogP contribution in [0.3, 0.4) is 0 Å². The number of aromatic nitrogens is 2. The van der Waals surface area contributed by atoms with Crippen LogP contribution in [0.25, 0.3) is 0 Å². The molecular weight excluding hydrogens is 222 g/mol. The third kappa shape index (κ3) is 3.54. The van der Waals surface area contributed by atoms with Gasteiger partial charge in [-0.05, 0) is 5.92 Å². The predicted molar refractivity (Wildman–Crippen MR) is 65.7 cm³/mol. The lowest BCUT2D eigenvalue weighted by atomic mass is 10.0. The Morgan fingerprint density at radius 3 is 2.71 bits per heavy atom. The Balaban J connectivity index is 2.81. The molecule has 0 aliphatic rings. The van der Waals surface area contributed by atoms with E-state index in [1.165, 1.54) is 0 Å². The second-order valence-corrected chi connectivity index (χ2v) is 3.78. The van der Waals surface area contributed by atoms with Crippen LogP contribution in [0, 0.1) is 16.0 Å². The maximum atomic E-state index is 10.8. The summed E-state index contributed by atoms with van der Waals surface area (Å²) in [6.07, 6.45) is 3.15. The highest BCUT2D eigenvalue weighted by molar-refractivity contribution is 5.56. The molecule has 1 aromatic heterocycles. The summed E-state index contributed by atoms with van der Waals surface area (Å²) in [5.41, 5.74) is 5.27. The molecule has 0 unspecified atom stereocenters. The first kappa shape index (κ1) is 13.1. The molecule has 0 spiro atoms. The minimum atomic E-state index is -0.519. The summed E-state index contributed by atoms with van der Waals surface area (Å²) < 4.78 is 0. The molecule has 7 nitrogen and oxygen atoms in total. The van der Waals surface area contributed by atoms with Crippen LogP contribution < -0.4 is 11.1 Å². The summed E-state index contributed by atoms with van der Waals surface area (Å²) in [7, 11) is 0. The van der Waals surface area contributed by atoms with Gasteiger partial charge in [0.1, 0.15) is 6.20 Å². The van der Waals surface area contributed by atoms with Crippen LogP contribution in [0.15, 0.2) is 6.20 Å². The number of rotatable bonds is 6. The minimum absolute atomic E-state index is 0.0302. The van der Waals surface area contributed by atoms with Gasteiger partial charge in [0.25, 0.3) is 0 Å². The van der Waals surface area contributed by atoms with E-state index in [9.17, 15) is 10.1 Å². The van der Waals surface area contributed by atoms with E-state index in [0.717, 1.165) is 19.0 Å². The lowest BCUT2D eigenvalue weighted by Gasteiger charge is -2.13. The number of hydrogen-bond acceptors (Lipinski definition) is 6. The molecule has 0 aliphatic carbocycles. The Kier molecular flexibility index (Phi) is 4.62. The Morgan fingerprint density at radius 1 is 1.53 bits per heavy atom. The fraction of sp³-hybridized carbons (Fsp3) is 0.600. The molecule has 0 saturated carbocycles. The minimum Gasteiger partial charge on any atom is -0.368 e. The van der Waals surface area contributed by atoms with Gasteiger partial charge < -0.3 is 11.1 Å². The van der Waals surface area contributed by atoms with Crippen LogP contribution >= 0.6 is 0 Å². The Hall–Kier alpha value is -1.92. The number of nitrogens with zero attached hydrogens (tertiary/aromatic N) is 3. The van der Waals surface area contributed by atoms with Gasteiger partial charge in [-0.15, -0.1) is 0 Å². The van der Waals surface area contributed by atoms with Crippen molar-refractivity contribution < 1.29 is 4.92 Å². The van der Waals surface area contributed by atoms with Crippen molar-refractivity contribution in [2.75, 3.05) is 17.6 Å². The molecule has 0 aliphatic heterocycles. The lowest BCUT2D eigenvalue weighted by Crippen LogP contribution is -2.15. The summed E-state index contributed by atoms with van der Waals surface area (Å²) in [5, 5.41) is 13.7. The van der Waals surface area contributed by atoms with Gasteiger partial charge >= 0.3 is 5.69 Å². The van der Waals surface area contributed by atoms with Crippen LogP contribution in [0.4, 0.5) is 17.5 Å². The fourth-order valence-corrected chi connectivity index (χ4v) is 1.47. The van der Waals surface area contributed by atoms with Gasteiger partial charge in [-0.1, -0.05) is 26.7 Å². The Bertz CT molecular complexity index is 392. The van der Waals surface area contributed by atoms with Crippen molar-refractivity contribution in [3.8, 4) is 0 Å². The highest BCUT2D eigenvalue weighted by atomic mass is 16.6. The fourth-order valence-electron chi connectivity index (χ4n) is 1.47. The third-order valence-electron chi connectivity index (χ3n) is 2.70. The van der Waals surface area contributed by atoms with Gasteiger partial charge in [-0.25, -0.2) is 4.98 Å². The Labute approximate surface area is 99.6 Å². The molecule has 0 radical (unpaired) electrons. The summed E-state index contributed by atoms with van der Waals surface area (Å²) in [5.74, 6) is 0.683. The van der Waals surface area contributed by atoms with Crippen LogP contribution in [0.5, 0.6) is 0 Å². The van der Waals surface area contributed by atoms with E-state index in [0.29, 0.717) is 12.5 Å². The first-order chi connectivity index (χ1) is 8.08. The van der Waals surface area contributed by atoms with Crippen molar-refractivity contribution in [3.63, 3.8) is 0 Å². The topological polar surface area (TPSA) is 107 Å². The molecule has 0 aromatic carbocycles. The predicted octanol–water partition coefficient (Wildman–Crippen LogP) is 1.82. The normalized spacial score (nSPS) is 10.5. The average molecular weight is 239 g/mol. The van der Waals surface area contributed by atoms with E-state index in [1.807, 2.05) is 0 Å². The zero-order valence-electron chi connectivity index (χ0n) is 10.0. The monoisotopic (exact) mass is 239 g/mol. The summed E-state index contributed by atoms with van der Waals surface area (Å²) in [4.78, 5) is 17.7. The zero-order chi connectivity index (χ0) is 12.8.